The molecule has 1 N–H and O–H groups in total. The topological polar surface area (TPSA) is 77.2 Å². The summed E-state index contributed by atoms with van der Waals surface area (Å²) in [6, 6.07) is 9.46. The lowest BCUT2D eigenvalue weighted by Gasteiger charge is -2.00. The molecule has 6 nitrogen and oxygen atoms in total. The minimum Gasteiger partial charge on any atom is -0.450 e. The van der Waals surface area contributed by atoms with E-state index in [1.54, 1.807) is 6.92 Å². The van der Waals surface area contributed by atoms with Crippen molar-refractivity contribution in [2.24, 2.45) is 0 Å². The third-order valence-electron chi connectivity index (χ3n) is 2.16. The summed E-state index contributed by atoms with van der Waals surface area (Å²) < 4.78 is 9.73. The fraction of sp³-hybridized carbons (Fsp3) is 0.250. The summed E-state index contributed by atoms with van der Waals surface area (Å²) in [6.45, 7) is 2.21. The van der Waals surface area contributed by atoms with E-state index < -0.39 is 6.09 Å². The molecule has 94 valence electrons. The van der Waals surface area contributed by atoms with Gasteiger partial charge in [-0.2, -0.15) is 4.98 Å². The Kier molecular flexibility index (Phi) is 3.90. The number of nitrogens with zero attached hydrogens (tertiary/aromatic N) is 2. The maximum absolute atomic E-state index is 11.1. The van der Waals surface area contributed by atoms with Gasteiger partial charge in [0.05, 0.1) is 6.61 Å². The minimum absolute atomic E-state index is 0.151. The molecule has 0 aliphatic rings. The van der Waals surface area contributed by atoms with Gasteiger partial charge in [-0.3, -0.25) is 0 Å². The number of carbonyl (C=O) groups is 1. The summed E-state index contributed by atoms with van der Waals surface area (Å²) >= 11 is 0. The Bertz CT molecular complexity index is 510. The molecule has 1 heterocycles. The Hall–Kier alpha value is -2.37. The Labute approximate surface area is 104 Å². The molecule has 0 unspecified atom stereocenters. The zero-order valence-electron chi connectivity index (χ0n) is 9.92. The van der Waals surface area contributed by atoms with Crippen molar-refractivity contribution in [3.05, 3.63) is 36.2 Å². The molecule has 0 aliphatic heterocycles. The molecule has 0 atom stereocenters. The molecule has 0 aliphatic carbocycles. The number of rotatable bonds is 4. The second kappa shape index (κ2) is 5.81. The summed E-state index contributed by atoms with van der Waals surface area (Å²) in [4.78, 5) is 15.2. The van der Waals surface area contributed by atoms with Gasteiger partial charge in [-0.05, 0) is 6.92 Å². The van der Waals surface area contributed by atoms with Gasteiger partial charge >= 0.3 is 6.09 Å². The smallest absolute Gasteiger partial charge is 0.407 e. The first kappa shape index (κ1) is 12.1. The van der Waals surface area contributed by atoms with Gasteiger partial charge in [0.15, 0.2) is 0 Å². The molecule has 2 aromatic rings. The fourth-order valence-electron chi connectivity index (χ4n) is 1.36. The van der Waals surface area contributed by atoms with Crippen LogP contribution in [0.25, 0.3) is 11.4 Å². The van der Waals surface area contributed by atoms with Gasteiger partial charge < -0.3 is 14.6 Å². The lowest BCUT2D eigenvalue weighted by molar-refractivity contribution is 0.150. The monoisotopic (exact) mass is 247 g/mol. The van der Waals surface area contributed by atoms with Crippen molar-refractivity contribution in [1.82, 2.24) is 15.5 Å². The summed E-state index contributed by atoms with van der Waals surface area (Å²) in [5.74, 6) is 0.832. The lowest BCUT2D eigenvalue weighted by atomic mass is 10.2. The average Bonchev–Trinajstić information content (AvgIpc) is 2.87. The van der Waals surface area contributed by atoms with Crippen LogP contribution in [0.2, 0.25) is 0 Å². The van der Waals surface area contributed by atoms with Crippen LogP contribution in [0.5, 0.6) is 0 Å². The highest BCUT2D eigenvalue weighted by molar-refractivity contribution is 5.66. The number of carbonyl (C=O) groups excluding carboxylic acids is 1. The van der Waals surface area contributed by atoms with Gasteiger partial charge in [0, 0.05) is 5.56 Å². The molecule has 1 aromatic carbocycles. The maximum atomic E-state index is 11.1. The molecule has 18 heavy (non-hydrogen) atoms. The number of nitrogens with one attached hydrogen (secondary N) is 1. The Morgan fingerprint density at radius 1 is 1.39 bits per heavy atom. The molecular weight excluding hydrogens is 234 g/mol. The van der Waals surface area contributed by atoms with Crippen molar-refractivity contribution < 1.29 is 14.1 Å². The summed E-state index contributed by atoms with van der Waals surface area (Å²) in [5, 5.41) is 6.34. The fourth-order valence-corrected chi connectivity index (χ4v) is 1.36. The van der Waals surface area contributed by atoms with Crippen LogP contribution < -0.4 is 5.32 Å². The van der Waals surface area contributed by atoms with E-state index in [4.69, 9.17) is 9.26 Å². The first-order valence-corrected chi connectivity index (χ1v) is 5.58. The maximum Gasteiger partial charge on any atom is 0.407 e. The lowest BCUT2D eigenvalue weighted by Crippen LogP contribution is -2.23. The molecule has 0 fully saturated rings. The quantitative estimate of drug-likeness (QED) is 0.893. The predicted molar refractivity (Wildman–Crippen MR) is 63.6 cm³/mol. The van der Waals surface area contributed by atoms with Gasteiger partial charge in [0.2, 0.25) is 11.7 Å². The third kappa shape index (κ3) is 3.07. The Morgan fingerprint density at radius 2 is 2.17 bits per heavy atom. The van der Waals surface area contributed by atoms with E-state index in [1.807, 2.05) is 30.3 Å². The summed E-state index contributed by atoms with van der Waals surface area (Å²) in [5.41, 5.74) is 0.864. The molecule has 2 rings (SSSR count). The van der Waals surface area contributed by atoms with E-state index >= 15 is 0 Å². The van der Waals surface area contributed by atoms with Gasteiger partial charge in [-0.15, -0.1) is 0 Å². The van der Waals surface area contributed by atoms with Crippen LogP contribution >= 0.6 is 0 Å². The molecule has 6 heteroatoms. The predicted octanol–water partition coefficient (Wildman–Crippen LogP) is 1.98. The van der Waals surface area contributed by atoms with Crippen LogP contribution in [0.4, 0.5) is 4.79 Å². The number of hydrogen-bond acceptors (Lipinski definition) is 5. The molecule has 0 spiro atoms. The van der Waals surface area contributed by atoms with Crippen molar-refractivity contribution in [2.75, 3.05) is 6.61 Å². The SMILES string of the molecule is CCOC(=O)NCc1nc(-c2ccccc2)no1. The Balaban J connectivity index is 1.97. The molecular formula is C12H13N3O3. The number of hydrogen-bond donors (Lipinski definition) is 1. The number of amides is 1. The second-order valence-corrected chi connectivity index (χ2v) is 3.45. The van der Waals surface area contributed by atoms with E-state index in [9.17, 15) is 4.79 Å². The molecule has 1 aromatic heterocycles. The summed E-state index contributed by atoms with van der Waals surface area (Å²) in [6.07, 6.45) is -0.503. The zero-order valence-corrected chi connectivity index (χ0v) is 9.92. The van der Waals surface area contributed by atoms with Crippen LogP contribution in [-0.2, 0) is 11.3 Å². The molecule has 0 saturated heterocycles. The second-order valence-electron chi connectivity index (χ2n) is 3.45. The van der Waals surface area contributed by atoms with Gasteiger partial charge in [-0.25, -0.2) is 4.79 Å². The molecule has 0 bridgehead atoms. The molecule has 0 saturated carbocycles. The van der Waals surface area contributed by atoms with Gasteiger partial charge in [-0.1, -0.05) is 35.5 Å². The van der Waals surface area contributed by atoms with Gasteiger partial charge in [0.25, 0.3) is 0 Å². The zero-order chi connectivity index (χ0) is 12.8. The first-order chi connectivity index (χ1) is 8.79. The highest BCUT2D eigenvalue weighted by Crippen LogP contribution is 2.14. The Morgan fingerprint density at radius 3 is 2.89 bits per heavy atom. The number of aromatic nitrogens is 2. The third-order valence-corrected chi connectivity index (χ3v) is 2.16. The van der Waals surface area contributed by atoms with Crippen LogP contribution in [0.3, 0.4) is 0 Å². The van der Waals surface area contributed by atoms with Crippen LogP contribution in [0.15, 0.2) is 34.9 Å². The number of benzene rings is 1. The van der Waals surface area contributed by atoms with E-state index in [-0.39, 0.29) is 6.54 Å². The van der Waals surface area contributed by atoms with Crippen LogP contribution in [-0.4, -0.2) is 22.8 Å². The van der Waals surface area contributed by atoms with E-state index in [2.05, 4.69) is 15.5 Å². The minimum atomic E-state index is -0.503. The van der Waals surface area contributed by atoms with E-state index in [1.165, 1.54) is 0 Å². The van der Waals surface area contributed by atoms with E-state index in [0.29, 0.717) is 18.3 Å². The number of alkyl carbamates (subject to hydrolysis) is 1. The normalized spacial score (nSPS) is 10.1. The standard InChI is InChI=1S/C12H13N3O3/c1-2-17-12(16)13-8-10-14-11(15-18-10)9-6-4-3-5-7-9/h3-7H,2,8H2,1H3,(H,13,16). The molecule has 1 amide bonds. The first-order valence-electron chi connectivity index (χ1n) is 5.58. The van der Waals surface area contributed by atoms with Crippen molar-refractivity contribution in [1.29, 1.82) is 0 Å². The highest BCUT2D eigenvalue weighted by Gasteiger charge is 2.09. The largest absolute Gasteiger partial charge is 0.450 e. The van der Waals surface area contributed by atoms with Crippen molar-refractivity contribution in [3.8, 4) is 11.4 Å². The molecule has 0 radical (unpaired) electrons. The van der Waals surface area contributed by atoms with Crippen LogP contribution in [0, 0.1) is 0 Å². The summed E-state index contributed by atoms with van der Waals surface area (Å²) in [7, 11) is 0. The van der Waals surface area contributed by atoms with E-state index in [0.717, 1.165) is 5.56 Å². The van der Waals surface area contributed by atoms with Crippen molar-refractivity contribution >= 4 is 6.09 Å². The average molecular weight is 247 g/mol. The van der Waals surface area contributed by atoms with Crippen molar-refractivity contribution in [2.45, 2.75) is 13.5 Å². The van der Waals surface area contributed by atoms with Crippen molar-refractivity contribution in [3.63, 3.8) is 0 Å². The van der Waals surface area contributed by atoms with Gasteiger partial charge in [0.1, 0.15) is 6.54 Å². The highest BCUT2D eigenvalue weighted by atomic mass is 16.5. The van der Waals surface area contributed by atoms with Crippen LogP contribution in [0.1, 0.15) is 12.8 Å². The number of ether oxygens (including phenoxy) is 1.